The largest absolute Gasteiger partial charge is 0.463 e. The van der Waals surface area contributed by atoms with E-state index in [1.165, 1.54) is 7.11 Å². The summed E-state index contributed by atoms with van der Waals surface area (Å²) < 4.78 is 10.3. The number of carbonyl (C=O) groups excluding carboxylic acids is 1. The van der Waals surface area contributed by atoms with E-state index < -0.39 is 5.97 Å². The molecule has 1 aromatic heterocycles. The summed E-state index contributed by atoms with van der Waals surface area (Å²) in [7, 11) is 1.36. The lowest BCUT2D eigenvalue weighted by Gasteiger charge is -2.33. The van der Waals surface area contributed by atoms with Crippen LogP contribution in [0.4, 0.5) is 0 Å². The number of esters is 1. The molecule has 0 aromatic carbocycles. The SMILES string of the molecule is COC(=O)c1oc(CN2CCC(C(C)N)CC2)cc1C. The highest BCUT2D eigenvalue weighted by Gasteiger charge is 2.23. The van der Waals surface area contributed by atoms with Gasteiger partial charge in [0.2, 0.25) is 5.76 Å². The van der Waals surface area contributed by atoms with Gasteiger partial charge in [-0.1, -0.05) is 0 Å². The number of methoxy groups -OCH3 is 1. The molecule has 1 unspecified atom stereocenters. The number of piperidine rings is 1. The zero-order valence-corrected chi connectivity index (χ0v) is 12.5. The summed E-state index contributed by atoms with van der Waals surface area (Å²) in [5, 5.41) is 0. The van der Waals surface area contributed by atoms with Crippen molar-refractivity contribution in [3.8, 4) is 0 Å². The van der Waals surface area contributed by atoms with Crippen molar-refractivity contribution in [3.05, 3.63) is 23.2 Å². The van der Waals surface area contributed by atoms with Gasteiger partial charge in [0.1, 0.15) is 5.76 Å². The second kappa shape index (κ2) is 6.41. The second-order valence-electron chi connectivity index (χ2n) is 5.69. The fourth-order valence-corrected chi connectivity index (χ4v) is 2.78. The Bertz CT molecular complexity index is 460. The van der Waals surface area contributed by atoms with Crippen molar-refractivity contribution < 1.29 is 13.9 Å². The Labute approximate surface area is 120 Å². The zero-order valence-electron chi connectivity index (χ0n) is 12.5. The lowest BCUT2D eigenvalue weighted by molar-refractivity contribution is 0.0559. The number of hydrogen-bond donors (Lipinski definition) is 1. The number of nitrogens with two attached hydrogens (primary N) is 1. The molecule has 112 valence electrons. The van der Waals surface area contributed by atoms with E-state index >= 15 is 0 Å². The van der Waals surface area contributed by atoms with Crippen LogP contribution in [0.25, 0.3) is 0 Å². The van der Waals surface area contributed by atoms with Crippen LogP contribution < -0.4 is 5.73 Å². The van der Waals surface area contributed by atoms with Crippen LogP contribution in [0.15, 0.2) is 10.5 Å². The van der Waals surface area contributed by atoms with Crippen molar-refractivity contribution in [3.63, 3.8) is 0 Å². The topological polar surface area (TPSA) is 68.7 Å². The van der Waals surface area contributed by atoms with Gasteiger partial charge in [-0.3, -0.25) is 4.90 Å². The first-order chi connectivity index (χ1) is 9.51. The van der Waals surface area contributed by atoms with Gasteiger partial charge in [-0.05, 0) is 51.8 Å². The standard InChI is InChI=1S/C15H24N2O3/c1-10-8-13(20-14(10)15(18)19-3)9-17-6-4-12(5-7-17)11(2)16/h8,11-12H,4-7,9,16H2,1-3H3. The minimum atomic E-state index is -0.413. The molecule has 20 heavy (non-hydrogen) atoms. The molecule has 2 heterocycles. The van der Waals surface area contributed by atoms with Crippen molar-refractivity contribution in [2.75, 3.05) is 20.2 Å². The first-order valence-corrected chi connectivity index (χ1v) is 7.16. The highest BCUT2D eigenvalue weighted by atomic mass is 16.5. The average Bonchev–Trinajstić information content (AvgIpc) is 2.79. The highest BCUT2D eigenvalue weighted by molar-refractivity contribution is 5.87. The average molecular weight is 280 g/mol. The molecule has 1 atom stereocenters. The third-order valence-corrected chi connectivity index (χ3v) is 4.09. The van der Waals surface area contributed by atoms with Crippen LogP contribution >= 0.6 is 0 Å². The van der Waals surface area contributed by atoms with Crippen molar-refractivity contribution in [2.24, 2.45) is 11.7 Å². The number of likely N-dealkylation sites (tertiary alicyclic amines) is 1. The maximum atomic E-state index is 11.5. The summed E-state index contributed by atoms with van der Waals surface area (Å²) in [5.74, 6) is 1.34. The Balaban J connectivity index is 1.93. The normalized spacial score (nSPS) is 19.0. The van der Waals surface area contributed by atoms with Gasteiger partial charge >= 0.3 is 5.97 Å². The van der Waals surface area contributed by atoms with Crippen molar-refractivity contribution in [1.82, 2.24) is 4.90 Å². The minimum absolute atomic E-state index is 0.272. The number of ether oxygens (including phenoxy) is 1. The molecule has 1 saturated heterocycles. The van der Waals surface area contributed by atoms with Crippen LogP contribution in [-0.4, -0.2) is 37.1 Å². The van der Waals surface area contributed by atoms with E-state index in [4.69, 9.17) is 14.9 Å². The van der Waals surface area contributed by atoms with E-state index in [-0.39, 0.29) is 6.04 Å². The molecule has 0 aliphatic carbocycles. The second-order valence-corrected chi connectivity index (χ2v) is 5.69. The van der Waals surface area contributed by atoms with Crippen LogP contribution in [0.1, 0.15) is 41.6 Å². The minimum Gasteiger partial charge on any atom is -0.463 e. The zero-order chi connectivity index (χ0) is 14.7. The van der Waals surface area contributed by atoms with Crippen molar-refractivity contribution in [2.45, 2.75) is 39.3 Å². The monoisotopic (exact) mass is 280 g/mol. The molecule has 1 aliphatic heterocycles. The number of furan rings is 1. The molecule has 0 saturated carbocycles. The first kappa shape index (κ1) is 15.1. The number of hydrogen-bond acceptors (Lipinski definition) is 5. The van der Waals surface area contributed by atoms with Gasteiger partial charge in [0.15, 0.2) is 0 Å². The summed E-state index contributed by atoms with van der Waals surface area (Å²) in [6.07, 6.45) is 2.25. The fraction of sp³-hybridized carbons (Fsp3) is 0.667. The van der Waals surface area contributed by atoms with Crippen molar-refractivity contribution >= 4 is 5.97 Å². The molecule has 1 aromatic rings. The Morgan fingerprint density at radius 1 is 1.55 bits per heavy atom. The molecule has 2 N–H and O–H groups in total. The Kier molecular flexibility index (Phi) is 4.83. The number of rotatable bonds is 4. The van der Waals surface area contributed by atoms with Gasteiger partial charge in [-0.2, -0.15) is 0 Å². The smallest absolute Gasteiger partial charge is 0.374 e. The molecule has 0 bridgehead atoms. The highest BCUT2D eigenvalue weighted by Crippen LogP contribution is 2.23. The van der Waals surface area contributed by atoms with Crippen LogP contribution in [0.3, 0.4) is 0 Å². The third-order valence-electron chi connectivity index (χ3n) is 4.09. The summed E-state index contributed by atoms with van der Waals surface area (Å²) in [6.45, 7) is 6.74. The molecular weight excluding hydrogens is 256 g/mol. The number of nitrogens with zero attached hydrogens (tertiary/aromatic N) is 1. The number of carbonyl (C=O) groups is 1. The lowest BCUT2D eigenvalue weighted by Crippen LogP contribution is -2.39. The van der Waals surface area contributed by atoms with Gasteiger partial charge in [0.05, 0.1) is 13.7 Å². The summed E-state index contributed by atoms with van der Waals surface area (Å²) in [4.78, 5) is 13.9. The molecule has 0 amide bonds. The molecule has 1 aliphatic rings. The van der Waals surface area contributed by atoms with Crippen LogP contribution in [0.5, 0.6) is 0 Å². The molecule has 1 fully saturated rings. The number of aryl methyl sites for hydroxylation is 1. The van der Waals surface area contributed by atoms with Gasteiger partial charge < -0.3 is 14.9 Å². The Morgan fingerprint density at radius 3 is 2.75 bits per heavy atom. The van der Waals surface area contributed by atoms with Crippen LogP contribution in [0.2, 0.25) is 0 Å². The third kappa shape index (κ3) is 3.41. The lowest BCUT2D eigenvalue weighted by atomic mass is 9.91. The van der Waals surface area contributed by atoms with Gasteiger partial charge in [-0.25, -0.2) is 4.79 Å². The van der Waals surface area contributed by atoms with E-state index in [1.54, 1.807) is 0 Å². The van der Waals surface area contributed by atoms with E-state index in [9.17, 15) is 4.79 Å². The molecular formula is C15H24N2O3. The van der Waals surface area contributed by atoms with Gasteiger partial charge in [0, 0.05) is 11.6 Å². The Hall–Kier alpha value is -1.33. The molecule has 0 spiro atoms. The van der Waals surface area contributed by atoms with E-state index in [2.05, 4.69) is 11.8 Å². The predicted molar refractivity (Wildman–Crippen MR) is 76.4 cm³/mol. The van der Waals surface area contributed by atoms with Gasteiger partial charge in [0.25, 0.3) is 0 Å². The van der Waals surface area contributed by atoms with E-state index in [0.29, 0.717) is 11.7 Å². The van der Waals surface area contributed by atoms with Gasteiger partial charge in [-0.15, -0.1) is 0 Å². The first-order valence-electron chi connectivity index (χ1n) is 7.16. The van der Waals surface area contributed by atoms with E-state index in [1.807, 2.05) is 13.0 Å². The molecule has 2 rings (SSSR count). The van der Waals surface area contributed by atoms with Crippen LogP contribution in [0, 0.1) is 12.8 Å². The Morgan fingerprint density at radius 2 is 2.20 bits per heavy atom. The van der Waals surface area contributed by atoms with E-state index in [0.717, 1.165) is 43.8 Å². The predicted octanol–water partition coefficient (Wildman–Crippen LogP) is 1.93. The van der Waals surface area contributed by atoms with Crippen LogP contribution in [-0.2, 0) is 11.3 Å². The molecule has 5 heteroatoms. The molecule has 0 radical (unpaired) electrons. The fourth-order valence-electron chi connectivity index (χ4n) is 2.78. The quantitative estimate of drug-likeness (QED) is 0.854. The maximum Gasteiger partial charge on any atom is 0.374 e. The summed E-state index contributed by atoms with van der Waals surface area (Å²) in [5.41, 5.74) is 6.78. The van der Waals surface area contributed by atoms with Crippen molar-refractivity contribution in [1.29, 1.82) is 0 Å². The molecule has 5 nitrogen and oxygen atoms in total. The maximum absolute atomic E-state index is 11.5. The summed E-state index contributed by atoms with van der Waals surface area (Å²) in [6, 6.07) is 2.19. The summed E-state index contributed by atoms with van der Waals surface area (Å²) >= 11 is 0.